The first kappa shape index (κ1) is 14.1. The lowest BCUT2D eigenvalue weighted by atomic mass is 9.98. The lowest BCUT2D eigenvalue weighted by Crippen LogP contribution is -2.18. The summed E-state index contributed by atoms with van der Waals surface area (Å²) < 4.78 is 0.983. The minimum absolute atomic E-state index is 0.428. The molecule has 0 spiro atoms. The number of hydrogen-bond acceptors (Lipinski definition) is 3. The van der Waals surface area contributed by atoms with Crippen LogP contribution < -0.4 is 10.6 Å². The van der Waals surface area contributed by atoms with Crippen molar-refractivity contribution in [1.29, 1.82) is 5.26 Å². The highest BCUT2D eigenvalue weighted by atomic mass is 79.9. The first-order valence-corrected chi connectivity index (χ1v) is 7.80. The zero-order valence-electron chi connectivity index (χ0n) is 11.6. The second kappa shape index (κ2) is 5.88. The first-order chi connectivity index (χ1) is 10.2. The van der Waals surface area contributed by atoms with Gasteiger partial charge in [-0.15, -0.1) is 0 Å². The van der Waals surface area contributed by atoms with Crippen LogP contribution in [0.15, 0.2) is 46.9 Å². The van der Waals surface area contributed by atoms with Crippen molar-refractivity contribution in [2.45, 2.75) is 12.3 Å². The molecule has 0 fully saturated rings. The minimum atomic E-state index is 0.428. The predicted molar refractivity (Wildman–Crippen MR) is 88.7 cm³/mol. The van der Waals surface area contributed by atoms with Crippen LogP contribution in [0.3, 0.4) is 0 Å². The van der Waals surface area contributed by atoms with Gasteiger partial charge in [0, 0.05) is 22.6 Å². The second-order valence-corrected chi connectivity index (χ2v) is 6.13. The molecule has 106 valence electrons. The van der Waals surface area contributed by atoms with E-state index in [1.807, 2.05) is 24.3 Å². The molecule has 0 bridgehead atoms. The zero-order valence-corrected chi connectivity index (χ0v) is 13.2. The summed E-state index contributed by atoms with van der Waals surface area (Å²) >= 11 is 3.50. The molecule has 1 aliphatic rings. The molecule has 3 rings (SSSR count). The van der Waals surface area contributed by atoms with Gasteiger partial charge in [0.05, 0.1) is 11.3 Å². The van der Waals surface area contributed by atoms with Crippen LogP contribution in [0.5, 0.6) is 0 Å². The van der Waals surface area contributed by atoms with Crippen molar-refractivity contribution in [3.63, 3.8) is 0 Å². The Kier molecular flexibility index (Phi) is 3.96. The fourth-order valence-corrected chi connectivity index (χ4v) is 3.34. The normalized spacial score (nSPS) is 16.6. The standard InChI is InChI=1S/C17H16BrN3/c18-14-6-5-12(10-20)17(9-14)21-11-13(7-8-19)15-3-1-2-4-16(15)21/h1-6,9,13H,7-8,11,19H2. The van der Waals surface area contributed by atoms with E-state index in [0.29, 0.717) is 18.0 Å². The molecular weight excluding hydrogens is 326 g/mol. The first-order valence-electron chi connectivity index (χ1n) is 7.00. The molecule has 0 saturated heterocycles. The number of halogens is 1. The van der Waals surface area contributed by atoms with Gasteiger partial charge in [-0.3, -0.25) is 0 Å². The molecule has 0 aromatic heterocycles. The van der Waals surface area contributed by atoms with Crippen LogP contribution in [0.2, 0.25) is 0 Å². The molecule has 1 unspecified atom stereocenters. The van der Waals surface area contributed by atoms with Crippen molar-refractivity contribution in [3.05, 3.63) is 58.1 Å². The van der Waals surface area contributed by atoms with Gasteiger partial charge in [0.15, 0.2) is 0 Å². The maximum Gasteiger partial charge on any atom is 0.101 e. The monoisotopic (exact) mass is 341 g/mol. The third kappa shape index (κ3) is 2.55. The van der Waals surface area contributed by atoms with Gasteiger partial charge in [-0.05, 0) is 42.8 Å². The molecule has 2 aromatic rings. The largest absolute Gasteiger partial charge is 0.340 e. The highest BCUT2D eigenvalue weighted by Crippen LogP contribution is 2.43. The van der Waals surface area contributed by atoms with E-state index in [0.717, 1.165) is 23.1 Å². The van der Waals surface area contributed by atoms with Crippen molar-refractivity contribution in [2.75, 3.05) is 18.0 Å². The quantitative estimate of drug-likeness (QED) is 0.920. The fraction of sp³-hybridized carbons (Fsp3) is 0.235. The predicted octanol–water partition coefficient (Wildman–Crippen LogP) is 3.90. The van der Waals surface area contributed by atoms with E-state index in [-0.39, 0.29) is 0 Å². The van der Waals surface area contributed by atoms with Crippen LogP contribution in [0.25, 0.3) is 0 Å². The molecule has 2 aromatic carbocycles. The Labute approximate surface area is 133 Å². The molecule has 1 heterocycles. The van der Waals surface area contributed by atoms with Gasteiger partial charge >= 0.3 is 0 Å². The second-order valence-electron chi connectivity index (χ2n) is 5.22. The summed E-state index contributed by atoms with van der Waals surface area (Å²) in [4.78, 5) is 2.24. The van der Waals surface area contributed by atoms with Crippen LogP contribution in [-0.2, 0) is 0 Å². The van der Waals surface area contributed by atoms with Gasteiger partial charge in [0.25, 0.3) is 0 Å². The van der Waals surface area contributed by atoms with Crippen LogP contribution in [0.1, 0.15) is 23.5 Å². The van der Waals surface area contributed by atoms with E-state index < -0.39 is 0 Å². The maximum atomic E-state index is 9.37. The van der Waals surface area contributed by atoms with Gasteiger partial charge in [-0.25, -0.2) is 0 Å². The van der Waals surface area contributed by atoms with Crippen LogP contribution in [-0.4, -0.2) is 13.1 Å². The number of fused-ring (bicyclic) bond motifs is 1. The SMILES string of the molecule is N#Cc1ccc(Br)cc1N1CC(CCN)c2ccccc21. The number of benzene rings is 2. The van der Waals surface area contributed by atoms with Crippen molar-refractivity contribution >= 4 is 27.3 Å². The topological polar surface area (TPSA) is 53.0 Å². The molecule has 0 aliphatic carbocycles. The number of nitrogens with two attached hydrogens (primary N) is 1. The Morgan fingerprint density at radius 3 is 2.81 bits per heavy atom. The third-order valence-electron chi connectivity index (χ3n) is 3.96. The fourth-order valence-electron chi connectivity index (χ4n) is 2.99. The van der Waals surface area contributed by atoms with Gasteiger partial charge in [-0.2, -0.15) is 5.26 Å². The van der Waals surface area contributed by atoms with Crippen molar-refractivity contribution in [3.8, 4) is 6.07 Å². The van der Waals surface area contributed by atoms with E-state index in [1.165, 1.54) is 11.3 Å². The summed E-state index contributed by atoms with van der Waals surface area (Å²) in [6.45, 7) is 1.55. The molecular formula is C17H16BrN3. The number of rotatable bonds is 3. The lowest BCUT2D eigenvalue weighted by Gasteiger charge is -2.21. The van der Waals surface area contributed by atoms with Crippen molar-refractivity contribution < 1.29 is 0 Å². The molecule has 4 heteroatoms. The number of nitrogens with zero attached hydrogens (tertiary/aromatic N) is 2. The molecule has 0 radical (unpaired) electrons. The Hall–Kier alpha value is -1.83. The number of para-hydroxylation sites is 1. The Balaban J connectivity index is 2.09. The molecule has 21 heavy (non-hydrogen) atoms. The summed E-state index contributed by atoms with van der Waals surface area (Å²) in [5.74, 6) is 0.428. The Bertz CT molecular complexity index is 705. The van der Waals surface area contributed by atoms with Crippen molar-refractivity contribution in [1.82, 2.24) is 0 Å². The summed E-state index contributed by atoms with van der Waals surface area (Å²) in [6, 6.07) is 16.5. The Morgan fingerprint density at radius 1 is 1.24 bits per heavy atom. The smallest absolute Gasteiger partial charge is 0.101 e. The Morgan fingerprint density at radius 2 is 2.05 bits per heavy atom. The summed E-state index contributed by atoms with van der Waals surface area (Å²) in [7, 11) is 0. The van der Waals surface area contributed by atoms with Crippen LogP contribution >= 0.6 is 15.9 Å². The molecule has 3 nitrogen and oxygen atoms in total. The molecule has 1 aliphatic heterocycles. The van der Waals surface area contributed by atoms with E-state index in [9.17, 15) is 5.26 Å². The molecule has 0 saturated carbocycles. The van der Waals surface area contributed by atoms with Gasteiger partial charge in [0.1, 0.15) is 6.07 Å². The maximum absolute atomic E-state index is 9.37. The van der Waals surface area contributed by atoms with E-state index in [2.05, 4.69) is 45.1 Å². The minimum Gasteiger partial charge on any atom is -0.340 e. The number of nitriles is 1. The summed E-state index contributed by atoms with van der Waals surface area (Å²) in [6.07, 6.45) is 0.962. The summed E-state index contributed by atoms with van der Waals surface area (Å²) in [5, 5.41) is 9.37. The van der Waals surface area contributed by atoms with Gasteiger partial charge in [0.2, 0.25) is 0 Å². The zero-order chi connectivity index (χ0) is 14.8. The summed E-state index contributed by atoms with van der Waals surface area (Å²) in [5.41, 5.74) is 9.92. The van der Waals surface area contributed by atoms with E-state index in [4.69, 9.17) is 5.73 Å². The average molecular weight is 342 g/mol. The van der Waals surface area contributed by atoms with Gasteiger partial charge in [-0.1, -0.05) is 34.1 Å². The number of hydrogen-bond donors (Lipinski definition) is 1. The molecule has 2 N–H and O–H groups in total. The van der Waals surface area contributed by atoms with Crippen molar-refractivity contribution in [2.24, 2.45) is 5.73 Å². The average Bonchev–Trinajstić information content (AvgIpc) is 2.87. The van der Waals surface area contributed by atoms with E-state index in [1.54, 1.807) is 0 Å². The van der Waals surface area contributed by atoms with Crippen LogP contribution in [0.4, 0.5) is 11.4 Å². The molecule has 0 amide bonds. The highest BCUT2D eigenvalue weighted by molar-refractivity contribution is 9.10. The molecule has 1 atom stereocenters. The third-order valence-corrected chi connectivity index (χ3v) is 4.45. The van der Waals surface area contributed by atoms with E-state index >= 15 is 0 Å². The highest BCUT2D eigenvalue weighted by Gasteiger charge is 2.29. The van der Waals surface area contributed by atoms with Gasteiger partial charge < -0.3 is 10.6 Å². The lowest BCUT2D eigenvalue weighted by molar-refractivity contribution is 0.668. The number of anilines is 2. The van der Waals surface area contributed by atoms with Crippen LogP contribution in [0, 0.1) is 11.3 Å².